The zero-order valence-electron chi connectivity index (χ0n) is 22.0. The number of hydrogen-bond donors (Lipinski definition) is 1. The number of carbonyl (C=O) groups excluding carboxylic acids is 1. The Morgan fingerprint density at radius 2 is 1.82 bits per heavy atom. The molecule has 0 spiro atoms. The summed E-state index contributed by atoms with van der Waals surface area (Å²) in [6.45, 7) is 3.66. The number of pyridine rings is 2. The van der Waals surface area contributed by atoms with E-state index in [9.17, 15) is 9.59 Å². The van der Waals surface area contributed by atoms with Crippen LogP contribution in [0.5, 0.6) is 0 Å². The first-order valence-electron chi connectivity index (χ1n) is 12.9. The maximum Gasteiger partial charge on any atom is 0.263 e. The molecular weight excluding hydrogens is 500 g/mol. The normalized spacial score (nSPS) is 12.2. The average molecular weight is 527 g/mol. The molecule has 6 rings (SSSR count). The number of nitrogens with one attached hydrogen (secondary N) is 1. The number of aromatic nitrogens is 5. The molecular formula is C32H26N6O2. The number of amides is 1. The molecule has 0 saturated heterocycles. The van der Waals surface area contributed by atoms with E-state index in [0.717, 1.165) is 16.5 Å². The minimum absolute atomic E-state index is 0.167. The lowest BCUT2D eigenvalue weighted by Crippen LogP contribution is -2.32. The third kappa shape index (κ3) is 4.56. The molecule has 4 heterocycles. The molecule has 196 valence electrons. The lowest BCUT2D eigenvalue weighted by molar-refractivity contribution is 0.0939. The zero-order valence-corrected chi connectivity index (χ0v) is 22.0. The van der Waals surface area contributed by atoms with E-state index in [2.05, 4.69) is 20.4 Å². The summed E-state index contributed by atoms with van der Waals surface area (Å²) in [4.78, 5) is 36.2. The molecule has 6 aromatic rings. The zero-order chi connectivity index (χ0) is 27.6. The van der Waals surface area contributed by atoms with E-state index in [1.54, 1.807) is 46.9 Å². The molecule has 40 heavy (non-hydrogen) atoms. The summed E-state index contributed by atoms with van der Waals surface area (Å²) < 4.78 is 3.27. The first-order valence-corrected chi connectivity index (χ1v) is 12.9. The first-order chi connectivity index (χ1) is 19.5. The molecule has 1 atom stereocenters. The number of para-hydroxylation sites is 1. The monoisotopic (exact) mass is 526 g/mol. The van der Waals surface area contributed by atoms with Crippen LogP contribution in [0.3, 0.4) is 0 Å². The van der Waals surface area contributed by atoms with Crippen molar-refractivity contribution in [2.24, 2.45) is 0 Å². The van der Waals surface area contributed by atoms with Gasteiger partial charge >= 0.3 is 0 Å². The maximum atomic E-state index is 14.2. The Bertz CT molecular complexity index is 1940. The molecule has 0 aliphatic heterocycles. The third-order valence-corrected chi connectivity index (χ3v) is 6.85. The van der Waals surface area contributed by atoms with Gasteiger partial charge in [0, 0.05) is 36.2 Å². The summed E-state index contributed by atoms with van der Waals surface area (Å²) in [6.07, 6.45) is 10.8. The Labute approximate surface area is 230 Å². The van der Waals surface area contributed by atoms with Gasteiger partial charge in [0.1, 0.15) is 5.56 Å². The molecule has 0 radical (unpaired) electrons. The van der Waals surface area contributed by atoms with E-state index in [-0.39, 0.29) is 11.5 Å². The fraction of sp³-hybridized carbons (Fsp3) is 0.0938. The van der Waals surface area contributed by atoms with Crippen LogP contribution in [0, 0.1) is 6.92 Å². The Hall–Kier alpha value is -5.37. The standard InChI is InChI=1S/C32H26N6O2/c1-21(35-31(39)28-22(2)36-37-18-8-17-34-30(28)37)27-19-25-11-6-10-24(15-14-23-9-7-16-33-20-23)29(25)32(40)38(27)26-12-4-3-5-13-26/h3-21H,1-2H3,(H,35,39)/b15-14+/t21-/m1/s1. The highest BCUT2D eigenvalue weighted by Gasteiger charge is 2.23. The van der Waals surface area contributed by atoms with Gasteiger partial charge in [0.05, 0.1) is 17.1 Å². The fourth-order valence-electron chi connectivity index (χ4n) is 4.98. The van der Waals surface area contributed by atoms with Crippen molar-refractivity contribution in [1.82, 2.24) is 29.5 Å². The predicted molar refractivity (Wildman–Crippen MR) is 156 cm³/mol. The minimum atomic E-state index is -0.502. The summed E-state index contributed by atoms with van der Waals surface area (Å²) in [5, 5.41) is 8.87. The summed E-state index contributed by atoms with van der Waals surface area (Å²) in [5.74, 6) is -0.306. The molecule has 0 aliphatic carbocycles. The van der Waals surface area contributed by atoms with Crippen LogP contribution < -0.4 is 10.9 Å². The van der Waals surface area contributed by atoms with E-state index < -0.39 is 6.04 Å². The SMILES string of the molecule is Cc1nn2cccnc2c1C(=O)N[C@H](C)c1cc2cccc(/C=C/c3cccnc3)c2c(=O)n1-c1ccccc1. The molecule has 4 aromatic heterocycles. The summed E-state index contributed by atoms with van der Waals surface area (Å²) >= 11 is 0. The van der Waals surface area contributed by atoms with Crippen molar-refractivity contribution in [3.8, 4) is 5.69 Å². The average Bonchev–Trinajstić information content (AvgIpc) is 3.32. The van der Waals surface area contributed by atoms with E-state index in [0.29, 0.717) is 33.7 Å². The quantitative estimate of drug-likeness (QED) is 0.314. The van der Waals surface area contributed by atoms with Gasteiger partial charge in [0.25, 0.3) is 11.5 Å². The van der Waals surface area contributed by atoms with Crippen molar-refractivity contribution in [1.29, 1.82) is 0 Å². The van der Waals surface area contributed by atoms with E-state index in [1.807, 2.05) is 85.8 Å². The lowest BCUT2D eigenvalue weighted by Gasteiger charge is -2.21. The van der Waals surface area contributed by atoms with Crippen LogP contribution in [0.2, 0.25) is 0 Å². The van der Waals surface area contributed by atoms with Crippen LogP contribution in [0.4, 0.5) is 0 Å². The van der Waals surface area contributed by atoms with Crippen molar-refractivity contribution in [2.45, 2.75) is 19.9 Å². The van der Waals surface area contributed by atoms with Gasteiger partial charge in [-0.05, 0) is 60.7 Å². The van der Waals surface area contributed by atoms with Gasteiger partial charge in [-0.15, -0.1) is 0 Å². The predicted octanol–water partition coefficient (Wildman–Crippen LogP) is 5.40. The van der Waals surface area contributed by atoms with Gasteiger partial charge < -0.3 is 5.32 Å². The molecule has 2 aromatic carbocycles. The number of benzene rings is 2. The van der Waals surface area contributed by atoms with Gasteiger partial charge in [-0.2, -0.15) is 5.10 Å². The molecule has 1 amide bonds. The molecule has 8 heteroatoms. The van der Waals surface area contributed by atoms with Crippen LogP contribution in [0.1, 0.15) is 45.8 Å². The highest BCUT2D eigenvalue weighted by Crippen LogP contribution is 2.25. The van der Waals surface area contributed by atoms with Crippen molar-refractivity contribution in [3.05, 3.63) is 136 Å². The minimum Gasteiger partial charge on any atom is -0.344 e. The number of nitrogens with zero attached hydrogens (tertiary/aromatic N) is 5. The molecule has 0 unspecified atom stereocenters. The molecule has 0 saturated carbocycles. The second-order valence-electron chi connectivity index (χ2n) is 9.52. The molecule has 8 nitrogen and oxygen atoms in total. The van der Waals surface area contributed by atoms with E-state index in [1.165, 1.54) is 0 Å². The fourth-order valence-corrected chi connectivity index (χ4v) is 4.98. The Morgan fingerprint density at radius 3 is 2.62 bits per heavy atom. The van der Waals surface area contributed by atoms with Crippen molar-refractivity contribution in [2.75, 3.05) is 0 Å². The van der Waals surface area contributed by atoms with Crippen LogP contribution >= 0.6 is 0 Å². The van der Waals surface area contributed by atoms with Gasteiger partial charge in [-0.25, -0.2) is 9.50 Å². The first kappa shape index (κ1) is 24.9. The summed E-state index contributed by atoms with van der Waals surface area (Å²) in [5.41, 5.74) is 4.41. The number of aryl methyl sites for hydroxylation is 1. The highest BCUT2D eigenvalue weighted by atomic mass is 16.2. The highest BCUT2D eigenvalue weighted by molar-refractivity contribution is 6.01. The van der Waals surface area contributed by atoms with Crippen LogP contribution in [-0.4, -0.2) is 30.1 Å². The topological polar surface area (TPSA) is 94.2 Å². The maximum absolute atomic E-state index is 14.2. The Morgan fingerprint density at radius 1 is 0.975 bits per heavy atom. The number of hydrogen-bond acceptors (Lipinski definition) is 5. The van der Waals surface area contributed by atoms with Gasteiger partial charge in [-0.1, -0.05) is 54.6 Å². The van der Waals surface area contributed by atoms with Crippen LogP contribution in [-0.2, 0) is 0 Å². The third-order valence-electron chi connectivity index (χ3n) is 6.85. The smallest absolute Gasteiger partial charge is 0.263 e. The van der Waals surface area contributed by atoms with Crippen LogP contribution in [0.15, 0.2) is 102 Å². The molecule has 0 aliphatic rings. The van der Waals surface area contributed by atoms with E-state index >= 15 is 0 Å². The van der Waals surface area contributed by atoms with Crippen molar-refractivity contribution in [3.63, 3.8) is 0 Å². The second-order valence-corrected chi connectivity index (χ2v) is 9.52. The molecule has 0 bridgehead atoms. The lowest BCUT2D eigenvalue weighted by atomic mass is 10.0. The summed E-state index contributed by atoms with van der Waals surface area (Å²) in [7, 11) is 0. The second kappa shape index (κ2) is 10.4. The van der Waals surface area contributed by atoms with Crippen LogP contribution in [0.25, 0.3) is 34.3 Å². The molecule has 0 fully saturated rings. The summed E-state index contributed by atoms with van der Waals surface area (Å²) in [6, 6.07) is 22.3. The van der Waals surface area contributed by atoms with Gasteiger partial charge in [0.15, 0.2) is 5.65 Å². The van der Waals surface area contributed by atoms with Crippen molar-refractivity contribution >= 4 is 34.5 Å². The largest absolute Gasteiger partial charge is 0.344 e. The number of fused-ring (bicyclic) bond motifs is 2. The number of rotatable bonds is 6. The van der Waals surface area contributed by atoms with Gasteiger partial charge in [-0.3, -0.25) is 19.1 Å². The Kier molecular flexibility index (Phi) is 6.49. The molecule has 1 N–H and O–H groups in total. The Balaban J connectivity index is 1.47. The van der Waals surface area contributed by atoms with Gasteiger partial charge in [0.2, 0.25) is 0 Å². The van der Waals surface area contributed by atoms with Crippen molar-refractivity contribution < 1.29 is 4.79 Å². The van der Waals surface area contributed by atoms with E-state index in [4.69, 9.17) is 0 Å². The number of carbonyl (C=O) groups is 1.